The fourth-order valence-corrected chi connectivity index (χ4v) is 4.50. The molecule has 0 aliphatic carbocycles. The van der Waals surface area contributed by atoms with Crippen LogP contribution in [0.25, 0.3) is 0 Å². The van der Waals surface area contributed by atoms with Crippen LogP contribution in [0, 0.1) is 0 Å². The molecule has 0 radical (unpaired) electrons. The molecule has 0 bridgehead atoms. The highest BCUT2D eigenvalue weighted by Crippen LogP contribution is 2.35. The Hall–Kier alpha value is -2.02. The van der Waals surface area contributed by atoms with Crippen LogP contribution in [0.15, 0.2) is 65.6 Å². The Morgan fingerprint density at radius 1 is 1.00 bits per heavy atom. The molecule has 1 atom stereocenters. The number of benzene rings is 2. The van der Waals surface area contributed by atoms with E-state index in [2.05, 4.69) is 0 Å². The fourth-order valence-electron chi connectivity index (χ4n) is 3.08. The molecule has 1 aliphatic rings. The summed E-state index contributed by atoms with van der Waals surface area (Å²) in [7, 11) is -2.19. The van der Waals surface area contributed by atoms with Crippen LogP contribution in [-0.2, 0) is 25.2 Å². The Labute approximate surface area is 141 Å². The highest BCUT2D eigenvalue weighted by molar-refractivity contribution is 7.89. The average molecular weight is 345 g/mol. The predicted molar refractivity (Wildman–Crippen MR) is 90.0 cm³/mol. The van der Waals surface area contributed by atoms with Crippen molar-refractivity contribution in [2.75, 3.05) is 20.2 Å². The van der Waals surface area contributed by atoms with E-state index in [9.17, 15) is 13.2 Å². The largest absolute Gasteiger partial charge is 0.366 e. The minimum absolute atomic E-state index is 0.194. The van der Waals surface area contributed by atoms with Gasteiger partial charge < -0.3 is 4.74 Å². The smallest absolute Gasteiger partial charge is 0.243 e. The summed E-state index contributed by atoms with van der Waals surface area (Å²) >= 11 is 0. The van der Waals surface area contributed by atoms with Gasteiger partial charge in [0.25, 0.3) is 0 Å². The van der Waals surface area contributed by atoms with Crippen molar-refractivity contribution in [1.82, 2.24) is 4.31 Å². The summed E-state index contributed by atoms with van der Waals surface area (Å²) in [5, 5.41) is 0. The molecule has 24 heavy (non-hydrogen) atoms. The molecule has 1 heterocycles. The molecule has 0 saturated carbocycles. The molecule has 1 fully saturated rings. The van der Waals surface area contributed by atoms with Gasteiger partial charge in [-0.05, 0) is 17.7 Å². The van der Waals surface area contributed by atoms with Crippen LogP contribution in [0.4, 0.5) is 0 Å². The molecule has 1 saturated heterocycles. The lowest BCUT2D eigenvalue weighted by atomic mass is 9.84. The molecule has 0 amide bonds. The molecule has 2 aromatic rings. The van der Waals surface area contributed by atoms with E-state index >= 15 is 0 Å². The second-order valence-corrected chi connectivity index (χ2v) is 7.66. The van der Waals surface area contributed by atoms with Crippen molar-refractivity contribution < 1.29 is 17.9 Å². The van der Waals surface area contributed by atoms with Gasteiger partial charge in [0, 0.05) is 20.1 Å². The molecule has 0 N–H and O–H groups in total. The molecule has 0 spiro atoms. The summed E-state index contributed by atoms with van der Waals surface area (Å²) in [6, 6.07) is 17.4. The average Bonchev–Trinajstić information content (AvgIpc) is 2.63. The number of hydrogen-bond acceptors (Lipinski definition) is 4. The van der Waals surface area contributed by atoms with Crippen LogP contribution in [-0.4, -0.2) is 38.7 Å². The zero-order valence-corrected chi connectivity index (χ0v) is 14.2. The van der Waals surface area contributed by atoms with Gasteiger partial charge in [-0.2, -0.15) is 4.31 Å². The molecule has 126 valence electrons. The second-order valence-electron chi connectivity index (χ2n) is 5.72. The summed E-state index contributed by atoms with van der Waals surface area (Å²) in [6.07, 6.45) is 0.290. The van der Waals surface area contributed by atoms with E-state index in [1.165, 1.54) is 23.5 Å². The number of ketones is 1. The summed E-state index contributed by atoms with van der Waals surface area (Å²) in [4.78, 5) is 13.0. The zero-order valence-electron chi connectivity index (χ0n) is 13.4. The Morgan fingerprint density at radius 2 is 1.58 bits per heavy atom. The number of carbonyl (C=O) groups is 1. The zero-order chi connectivity index (χ0) is 17.2. The fraction of sp³-hybridized carbons (Fsp3) is 0.278. The van der Waals surface area contributed by atoms with Gasteiger partial charge in [-0.15, -0.1) is 0 Å². The molecule has 6 heteroatoms. The minimum Gasteiger partial charge on any atom is -0.366 e. The SMILES string of the molecule is CO[C@@]1(c2ccccc2)CCN(S(=O)(=O)c2ccccc2)CC1=O. The third kappa shape index (κ3) is 2.77. The van der Waals surface area contributed by atoms with Gasteiger partial charge in [0.15, 0.2) is 11.4 Å². The van der Waals surface area contributed by atoms with E-state index in [1.54, 1.807) is 18.2 Å². The summed E-state index contributed by atoms with van der Waals surface area (Å²) < 4.78 is 32.2. The monoisotopic (exact) mass is 345 g/mol. The van der Waals surface area contributed by atoms with E-state index in [-0.39, 0.29) is 23.8 Å². The maximum atomic E-state index is 12.8. The van der Waals surface area contributed by atoms with Crippen molar-refractivity contribution in [3.05, 3.63) is 66.2 Å². The Bertz CT molecular complexity index is 821. The highest BCUT2D eigenvalue weighted by atomic mass is 32.2. The quantitative estimate of drug-likeness (QED) is 0.852. The van der Waals surface area contributed by atoms with E-state index in [0.29, 0.717) is 6.42 Å². The lowest BCUT2D eigenvalue weighted by molar-refractivity contribution is -0.147. The van der Waals surface area contributed by atoms with Gasteiger partial charge in [0.05, 0.1) is 11.4 Å². The summed E-state index contributed by atoms with van der Waals surface area (Å²) in [5.74, 6) is -0.248. The first-order chi connectivity index (χ1) is 11.5. The van der Waals surface area contributed by atoms with Gasteiger partial charge in [-0.1, -0.05) is 48.5 Å². The molecular formula is C18H19NO4S. The third-order valence-corrected chi connectivity index (χ3v) is 6.31. The van der Waals surface area contributed by atoms with E-state index in [4.69, 9.17) is 4.74 Å². The van der Waals surface area contributed by atoms with Crippen molar-refractivity contribution in [2.24, 2.45) is 0 Å². The first-order valence-corrected chi connectivity index (χ1v) is 9.14. The molecule has 1 aliphatic heterocycles. The molecular weight excluding hydrogens is 326 g/mol. The van der Waals surface area contributed by atoms with Crippen molar-refractivity contribution in [3.8, 4) is 0 Å². The summed E-state index contributed by atoms with van der Waals surface area (Å²) in [6.45, 7) is 0.0334. The van der Waals surface area contributed by atoms with Crippen LogP contribution >= 0.6 is 0 Å². The maximum Gasteiger partial charge on any atom is 0.243 e. The molecule has 3 rings (SSSR count). The Morgan fingerprint density at radius 3 is 2.12 bits per heavy atom. The number of sulfonamides is 1. The van der Waals surface area contributed by atoms with Crippen LogP contribution in [0.2, 0.25) is 0 Å². The van der Waals surface area contributed by atoms with Gasteiger partial charge in [0.1, 0.15) is 0 Å². The third-order valence-electron chi connectivity index (χ3n) is 4.45. The molecule has 0 unspecified atom stereocenters. The number of methoxy groups -OCH3 is 1. The molecule has 2 aromatic carbocycles. The van der Waals surface area contributed by atoms with Crippen LogP contribution in [0.1, 0.15) is 12.0 Å². The van der Waals surface area contributed by atoms with E-state index < -0.39 is 15.6 Å². The number of carbonyl (C=O) groups excluding carboxylic acids is 1. The number of ether oxygens (including phenoxy) is 1. The number of Topliss-reactive ketones (excluding diaryl/α,β-unsaturated/α-hetero) is 1. The van der Waals surface area contributed by atoms with Gasteiger partial charge in [-0.25, -0.2) is 8.42 Å². The molecule has 0 aromatic heterocycles. The van der Waals surface area contributed by atoms with Gasteiger partial charge >= 0.3 is 0 Å². The van der Waals surface area contributed by atoms with Gasteiger partial charge in [0.2, 0.25) is 10.0 Å². The van der Waals surface area contributed by atoms with Crippen LogP contribution in [0.5, 0.6) is 0 Å². The van der Waals surface area contributed by atoms with E-state index in [1.807, 2.05) is 30.3 Å². The minimum atomic E-state index is -3.68. The van der Waals surface area contributed by atoms with Crippen molar-refractivity contribution in [3.63, 3.8) is 0 Å². The van der Waals surface area contributed by atoms with Gasteiger partial charge in [-0.3, -0.25) is 4.79 Å². The predicted octanol–water partition coefficient (Wildman–Crippen LogP) is 2.19. The maximum absolute atomic E-state index is 12.8. The lowest BCUT2D eigenvalue weighted by Crippen LogP contribution is -2.53. The van der Waals surface area contributed by atoms with Crippen molar-refractivity contribution >= 4 is 15.8 Å². The second kappa shape index (κ2) is 6.47. The highest BCUT2D eigenvalue weighted by Gasteiger charge is 2.46. The first-order valence-electron chi connectivity index (χ1n) is 7.70. The Kier molecular flexibility index (Phi) is 4.54. The van der Waals surface area contributed by atoms with E-state index in [0.717, 1.165) is 5.56 Å². The van der Waals surface area contributed by atoms with Crippen LogP contribution < -0.4 is 0 Å². The topological polar surface area (TPSA) is 63.7 Å². The standard InChI is InChI=1S/C18H19NO4S/c1-23-18(15-8-4-2-5-9-15)12-13-19(14-17(18)20)24(21,22)16-10-6-3-7-11-16/h2-11H,12-14H2,1H3/t18-/m1/s1. The number of piperidine rings is 1. The van der Waals surface area contributed by atoms with Crippen molar-refractivity contribution in [1.29, 1.82) is 0 Å². The van der Waals surface area contributed by atoms with Crippen LogP contribution in [0.3, 0.4) is 0 Å². The Balaban J connectivity index is 1.89. The molecule has 5 nitrogen and oxygen atoms in total. The summed E-state index contributed by atoms with van der Waals surface area (Å²) in [5.41, 5.74) is -0.321. The van der Waals surface area contributed by atoms with Crippen molar-refractivity contribution in [2.45, 2.75) is 16.9 Å². The first kappa shape index (κ1) is 16.8. The normalized spacial score (nSPS) is 22.5. The number of hydrogen-bond donors (Lipinski definition) is 0. The lowest BCUT2D eigenvalue weighted by Gasteiger charge is -2.39. The number of nitrogens with zero attached hydrogens (tertiary/aromatic N) is 1. The number of rotatable bonds is 4.